The minimum absolute atomic E-state index is 0.133. The first-order valence-electron chi connectivity index (χ1n) is 15.9. The number of carbonyl (C=O) groups is 3. The van der Waals surface area contributed by atoms with Gasteiger partial charge in [-0.2, -0.15) is 0 Å². The monoisotopic (exact) mass is 661 g/mol. The van der Waals surface area contributed by atoms with Crippen molar-refractivity contribution in [1.29, 1.82) is 0 Å². The van der Waals surface area contributed by atoms with Crippen LogP contribution < -0.4 is 25.0 Å². The number of amides is 3. The molecule has 0 unspecified atom stereocenters. The first-order valence-corrected chi connectivity index (χ1v) is 16.7. The SMILES string of the molecule is CCc1cc2cc(NC(=O)c3cc(NC(=O)CCCOc4cc5c(cc4OC)C(=O)N4c6ccccc6C[C@H]4C=N5)cn3C)ccc2s1. The first kappa shape index (κ1) is 31.2. The van der Waals surface area contributed by atoms with Gasteiger partial charge in [0.25, 0.3) is 11.8 Å². The highest BCUT2D eigenvalue weighted by molar-refractivity contribution is 7.19. The molecular formula is C37H35N5O5S. The second-order valence-corrected chi connectivity index (χ2v) is 13.0. The Morgan fingerprint density at radius 2 is 1.88 bits per heavy atom. The van der Waals surface area contributed by atoms with Crippen molar-refractivity contribution in [2.45, 2.75) is 38.6 Å². The average Bonchev–Trinajstić information content (AvgIpc) is 3.76. The summed E-state index contributed by atoms with van der Waals surface area (Å²) in [5.74, 6) is 0.278. The van der Waals surface area contributed by atoms with E-state index in [9.17, 15) is 14.4 Å². The molecule has 1 atom stereocenters. The predicted molar refractivity (Wildman–Crippen MR) is 190 cm³/mol. The van der Waals surface area contributed by atoms with Crippen LogP contribution in [0.5, 0.6) is 11.5 Å². The third-order valence-corrected chi connectivity index (χ3v) is 9.89. The summed E-state index contributed by atoms with van der Waals surface area (Å²) in [6.45, 7) is 2.38. The fourth-order valence-electron chi connectivity index (χ4n) is 6.23. The largest absolute Gasteiger partial charge is 0.493 e. The maximum absolute atomic E-state index is 13.6. The number of hydrogen-bond acceptors (Lipinski definition) is 7. The normalized spacial score (nSPS) is 14.7. The van der Waals surface area contributed by atoms with Crippen molar-refractivity contribution in [2.24, 2.45) is 12.0 Å². The number of methoxy groups -OCH3 is 1. The Bertz CT molecular complexity index is 2100. The topological polar surface area (TPSA) is 114 Å². The molecule has 4 heterocycles. The molecule has 10 nitrogen and oxygen atoms in total. The van der Waals surface area contributed by atoms with Crippen LogP contribution in [0.4, 0.5) is 22.7 Å². The number of aryl methyl sites for hydroxylation is 2. The molecule has 0 saturated heterocycles. The van der Waals surface area contributed by atoms with Gasteiger partial charge in [0.1, 0.15) is 5.69 Å². The van der Waals surface area contributed by atoms with Gasteiger partial charge < -0.3 is 24.7 Å². The number of carbonyl (C=O) groups excluding carboxylic acids is 3. The van der Waals surface area contributed by atoms with Crippen LogP contribution in [0.3, 0.4) is 0 Å². The molecule has 2 N–H and O–H groups in total. The minimum Gasteiger partial charge on any atom is -0.493 e. The van der Waals surface area contributed by atoms with Crippen LogP contribution in [0.2, 0.25) is 0 Å². The van der Waals surface area contributed by atoms with Crippen molar-refractivity contribution >= 4 is 68.1 Å². The molecule has 11 heteroatoms. The summed E-state index contributed by atoms with van der Waals surface area (Å²) < 4.78 is 14.5. The van der Waals surface area contributed by atoms with Crippen molar-refractivity contribution in [1.82, 2.24) is 4.57 Å². The Labute approximate surface area is 282 Å². The standard InChI is InChI=1S/C37H35N5O5S/c1-4-27-16-23-14-24(11-12-34(23)48-27)40-36(44)31-17-25(21-41(31)2)39-35(43)10-7-13-47-33-19-29-28(18-32(33)46-3)37(45)42-26(20-38-29)15-22-8-5-6-9-30(22)42/h5-6,8-9,11-12,14,16-21,26H,4,7,10,13,15H2,1-3H3,(H,39,43)(H,40,44)/t26-/m0/s1. The Balaban J connectivity index is 0.940. The highest BCUT2D eigenvalue weighted by Gasteiger charge is 2.36. The molecule has 0 bridgehead atoms. The van der Waals surface area contributed by atoms with E-state index in [0.29, 0.717) is 47.0 Å². The van der Waals surface area contributed by atoms with Crippen LogP contribution in [0.15, 0.2) is 77.9 Å². The molecule has 5 aromatic rings. The lowest BCUT2D eigenvalue weighted by atomic mass is 10.1. The zero-order chi connectivity index (χ0) is 33.4. The molecule has 48 heavy (non-hydrogen) atoms. The molecule has 0 aliphatic carbocycles. The fourth-order valence-corrected chi connectivity index (χ4v) is 7.22. The van der Waals surface area contributed by atoms with Gasteiger partial charge >= 0.3 is 0 Å². The van der Waals surface area contributed by atoms with E-state index in [0.717, 1.165) is 28.7 Å². The van der Waals surface area contributed by atoms with Gasteiger partial charge in [-0.1, -0.05) is 25.1 Å². The van der Waals surface area contributed by atoms with Gasteiger partial charge in [-0.25, -0.2) is 0 Å². The number of fused-ring (bicyclic) bond motifs is 5. The van der Waals surface area contributed by atoms with Crippen molar-refractivity contribution in [3.05, 3.63) is 94.6 Å². The molecule has 244 valence electrons. The Morgan fingerprint density at radius 3 is 2.71 bits per heavy atom. The Hall–Kier alpha value is -5.42. The molecular weight excluding hydrogens is 627 g/mol. The lowest BCUT2D eigenvalue weighted by Crippen LogP contribution is -2.37. The van der Waals surface area contributed by atoms with E-state index in [1.165, 1.54) is 16.7 Å². The van der Waals surface area contributed by atoms with Crippen LogP contribution in [-0.2, 0) is 24.7 Å². The zero-order valence-corrected chi connectivity index (χ0v) is 27.7. The minimum atomic E-state index is -0.261. The van der Waals surface area contributed by atoms with E-state index in [2.05, 4.69) is 28.6 Å². The van der Waals surface area contributed by atoms with Crippen LogP contribution in [-0.4, -0.2) is 48.3 Å². The molecule has 2 aliphatic rings. The first-order chi connectivity index (χ1) is 23.3. The molecule has 0 fully saturated rings. The van der Waals surface area contributed by atoms with E-state index in [-0.39, 0.29) is 36.8 Å². The lowest BCUT2D eigenvalue weighted by molar-refractivity contribution is -0.116. The second kappa shape index (κ2) is 13.0. The average molecular weight is 662 g/mol. The third kappa shape index (κ3) is 6.04. The fraction of sp³-hybridized carbons (Fsp3) is 0.243. The van der Waals surface area contributed by atoms with Crippen LogP contribution in [0.25, 0.3) is 10.1 Å². The molecule has 0 radical (unpaired) electrons. The van der Waals surface area contributed by atoms with Crippen molar-refractivity contribution in [2.75, 3.05) is 29.3 Å². The second-order valence-electron chi connectivity index (χ2n) is 11.9. The highest BCUT2D eigenvalue weighted by atomic mass is 32.1. The molecule has 3 aromatic carbocycles. The van der Waals surface area contributed by atoms with E-state index in [1.54, 1.807) is 52.2 Å². The summed E-state index contributed by atoms with van der Waals surface area (Å²) in [7, 11) is 3.29. The van der Waals surface area contributed by atoms with Gasteiger partial charge in [0.15, 0.2) is 11.5 Å². The number of benzene rings is 3. The summed E-state index contributed by atoms with van der Waals surface area (Å²) >= 11 is 1.76. The van der Waals surface area contributed by atoms with Gasteiger partial charge in [-0.3, -0.25) is 24.3 Å². The van der Waals surface area contributed by atoms with Gasteiger partial charge in [0.2, 0.25) is 5.91 Å². The molecule has 0 saturated carbocycles. The molecule has 2 aromatic heterocycles. The molecule has 0 spiro atoms. The number of nitrogens with zero attached hydrogens (tertiary/aromatic N) is 3. The van der Waals surface area contributed by atoms with Crippen LogP contribution in [0, 0.1) is 0 Å². The maximum Gasteiger partial charge on any atom is 0.272 e. The molecule has 3 amide bonds. The third-order valence-electron chi connectivity index (χ3n) is 8.63. The number of anilines is 3. The Morgan fingerprint density at radius 1 is 1.02 bits per heavy atom. The van der Waals surface area contributed by atoms with Crippen LogP contribution >= 0.6 is 11.3 Å². The summed E-state index contributed by atoms with van der Waals surface area (Å²) in [5.41, 5.74) is 4.66. The highest BCUT2D eigenvalue weighted by Crippen LogP contribution is 2.41. The number of thiophene rings is 1. The van der Waals surface area contributed by atoms with Gasteiger partial charge in [0, 0.05) is 59.3 Å². The number of rotatable bonds is 10. The van der Waals surface area contributed by atoms with Gasteiger partial charge in [-0.05, 0) is 66.3 Å². The quantitative estimate of drug-likeness (QED) is 0.154. The number of ether oxygens (including phenoxy) is 2. The number of aromatic nitrogens is 1. The lowest BCUT2D eigenvalue weighted by Gasteiger charge is -2.22. The van der Waals surface area contributed by atoms with Crippen molar-refractivity contribution < 1.29 is 23.9 Å². The van der Waals surface area contributed by atoms with E-state index in [4.69, 9.17) is 9.47 Å². The number of hydrogen-bond donors (Lipinski definition) is 2. The van der Waals surface area contributed by atoms with Crippen LogP contribution in [0.1, 0.15) is 51.1 Å². The summed E-state index contributed by atoms with van der Waals surface area (Å²) in [5, 5.41) is 6.95. The number of para-hydroxylation sites is 1. The Kier molecular flexibility index (Phi) is 8.45. The van der Waals surface area contributed by atoms with Crippen molar-refractivity contribution in [3.63, 3.8) is 0 Å². The molecule has 7 rings (SSSR count). The summed E-state index contributed by atoms with van der Waals surface area (Å²) in [6, 6.07) is 20.9. The summed E-state index contributed by atoms with van der Waals surface area (Å²) in [6.07, 6.45) is 5.86. The van der Waals surface area contributed by atoms with Crippen molar-refractivity contribution in [3.8, 4) is 11.5 Å². The zero-order valence-electron chi connectivity index (χ0n) is 26.9. The number of nitrogens with one attached hydrogen (secondary N) is 2. The van der Waals surface area contributed by atoms with Gasteiger partial charge in [-0.15, -0.1) is 11.3 Å². The van der Waals surface area contributed by atoms with E-state index >= 15 is 0 Å². The summed E-state index contributed by atoms with van der Waals surface area (Å²) in [4.78, 5) is 47.2. The van der Waals surface area contributed by atoms with Gasteiger partial charge in [0.05, 0.1) is 36.7 Å². The smallest absolute Gasteiger partial charge is 0.272 e. The molecule has 2 aliphatic heterocycles. The maximum atomic E-state index is 13.6. The number of aliphatic imine (C=N–C) groups is 1. The van der Waals surface area contributed by atoms with E-state index < -0.39 is 0 Å². The predicted octanol–water partition coefficient (Wildman–Crippen LogP) is 7.15. The van der Waals surface area contributed by atoms with E-state index in [1.807, 2.05) is 48.7 Å².